The van der Waals surface area contributed by atoms with Crippen molar-refractivity contribution < 1.29 is 14.3 Å². The van der Waals surface area contributed by atoms with Crippen LogP contribution in [0.3, 0.4) is 0 Å². The lowest BCUT2D eigenvalue weighted by Crippen LogP contribution is -1.93. The summed E-state index contributed by atoms with van der Waals surface area (Å²) in [4.78, 5) is 10.7. The summed E-state index contributed by atoms with van der Waals surface area (Å²) in [5.41, 5.74) is 1.60. The monoisotopic (exact) mass is 242 g/mol. The molecule has 0 amide bonds. The third-order valence-electron chi connectivity index (χ3n) is 2.64. The minimum atomic E-state index is 0.544. The molecule has 0 radical (unpaired) electrons. The molecule has 2 aromatic carbocycles. The highest BCUT2D eigenvalue weighted by atomic mass is 16.5. The molecule has 3 nitrogen and oxygen atoms in total. The van der Waals surface area contributed by atoms with Gasteiger partial charge in [0.1, 0.15) is 12.0 Å². The van der Waals surface area contributed by atoms with Crippen molar-refractivity contribution in [3.63, 3.8) is 0 Å². The number of hydrogen-bond acceptors (Lipinski definition) is 3. The van der Waals surface area contributed by atoms with Crippen molar-refractivity contribution in [1.82, 2.24) is 0 Å². The molecular formula is C15H14O3. The van der Waals surface area contributed by atoms with Crippen LogP contribution >= 0.6 is 0 Å². The summed E-state index contributed by atoms with van der Waals surface area (Å²) in [5.74, 6) is 1.91. The van der Waals surface area contributed by atoms with E-state index >= 15 is 0 Å². The summed E-state index contributed by atoms with van der Waals surface area (Å²) in [5, 5.41) is 0. The molecule has 0 N–H and O–H groups in total. The number of rotatable bonds is 4. The fourth-order valence-corrected chi connectivity index (χ4v) is 1.63. The molecule has 2 rings (SSSR count). The van der Waals surface area contributed by atoms with E-state index in [1.807, 2.05) is 31.2 Å². The Morgan fingerprint density at radius 1 is 1.00 bits per heavy atom. The molecule has 0 spiro atoms. The van der Waals surface area contributed by atoms with E-state index in [0.29, 0.717) is 17.1 Å². The van der Waals surface area contributed by atoms with Crippen LogP contribution in [-0.4, -0.2) is 13.4 Å². The summed E-state index contributed by atoms with van der Waals surface area (Å²) in [6.07, 6.45) is 0.778. The van der Waals surface area contributed by atoms with Gasteiger partial charge in [-0.3, -0.25) is 4.79 Å². The number of para-hydroxylation sites is 1. The lowest BCUT2D eigenvalue weighted by Gasteiger charge is -2.12. The summed E-state index contributed by atoms with van der Waals surface area (Å²) in [6, 6.07) is 12.8. The van der Waals surface area contributed by atoms with Gasteiger partial charge in [-0.05, 0) is 36.8 Å². The third kappa shape index (κ3) is 2.51. The number of aldehydes is 1. The number of aryl methyl sites for hydroxylation is 1. The average molecular weight is 242 g/mol. The molecule has 0 fully saturated rings. The Kier molecular flexibility index (Phi) is 3.63. The zero-order valence-corrected chi connectivity index (χ0v) is 10.3. The van der Waals surface area contributed by atoms with Crippen molar-refractivity contribution >= 4 is 6.29 Å². The van der Waals surface area contributed by atoms with Gasteiger partial charge in [0.15, 0.2) is 11.5 Å². The van der Waals surface area contributed by atoms with Gasteiger partial charge >= 0.3 is 0 Å². The van der Waals surface area contributed by atoms with Gasteiger partial charge in [0.25, 0.3) is 0 Å². The molecule has 0 heterocycles. The molecule has 0 aliphatic heterocycles. The number of carbonyl (C=O) groups is 1. The van der Waals surface area contributed by atoms with Gasteiger partial charge in [0.05, 0.1) is 7.11 Å². The van der Waals surface area contributed by atoms with Crippen molar-refractivity contribution in [2.24, 2.45) is 0 Å². The Hall–Kier alpha value is -2.29. The van der Waals surface area contributed by atoms with Crippen LogP contribution in [0.5, 0.6) is 17.2 Å². The third-order valence-corrected chi connectivity index (χ3v) is 2.64. The van der Waals surface area contributed by atoms with Gasteiger partial charge in [-0.1, -0.05) is 18.2 Å². The second kappa shape index (κ2) is 5.36. The zero-order valence-electron chi connectivity index (χ0n) is 10.3. The van der Waals surface area contributed by atoms with Crippen molar-refractivity contribution in [1.29, 1.82) is 0 Å². The molecule has 0 aliphatic rings. The number of carbonyl (C=O) groups excluding carboxylic acids is 1. The Labute approximate surface area is 106 Å². The SMILES string of the molecule is COc1cc(C=O)ccc1Oc1ccccc1C. The molecule has 18 heavy (non-hydrogen) atoms. The quantitative estimate of drug-likeness (QED) is 0.768. The molecule has 2 aromatic rings. The maximum Gasteiger partial charge on any atom is 0.169 e. The number of methoxy groups -OCH3 is 1. The highest BCUT2D eigenvalue weighted by Gasteiger charge is 2.07. The summed E-state index contributed by atoms with van der Waals surface area (Å²) >= 11 is 0. The highest BCUT2D eigenvalue weighted by Crippen LogP contribution is 2.33. The fraction of sp³-hybridized carbons (Fsp3) is 0.133. The minimum Gasteiger partial charge on any atom is -0.493 e. The van der Waals surface area contributed by atoms with Crippen LogP contribution in [0.4, 0.5) is 0 Å². The van der Waals surface area contributed by atoms with Crippen LogP contribution in [-0.2, 0) is 0 Å². The molecule has 0 atom stereocenters. The van der Waals surface area contributed by atoms with Crippen molar-refractivity contribution in [3.05, 3.63) is 53.6 Å². The Balaban J connectivity index is 2.34. The summed E-state index contributed by atoms with van der Waals surface area (Å²) in [7, 11) is 1.55. The van der Waals surface area contributed by atoms with Crippen LogP contribution in [0.25, 0.3) is 0 Å². The van der Waals surface area contributed by atoms with E-state index in [1.54, 1.807) is 25.3 Å². The van der Waals surface area contributed by atoms with E-state index in [9.17, 15) is 4.79 Å². The molecule has 92 valence electrons. The first-order chi connectivity index (χ1) is 8.74. The lowest BCUT2D eigenvalue weighted by molar-refractivity contribution is 0.112. The highest BCUT2D eigenvalue weighted by molar-refractivity contribution is 5.76. The Morgan fingerprint density at radius 2 is 1.78 bits per heavy atom. The van der Waals surface area contributed by atoms with E-state index in [4.69, 9.17) is 9.47 Å². The van der Waals surface area contributed by atoms with Gasteiger partial charge in [-0.25, -0.2) is 0 Å². The van der Waals surface area contributed by atoms with Gasteiger partial charge in [0.2, 0.25) is 0 Å². The molecule has 0 saturated heterocycles. The fourth-order valence-electron chi connectivity index (χ4n) is 1.63. The van der Waals surface area contributed by atoms with Crippen molar-refractivity contribution in [2.75, 3.05) is 7.11 Å². The lowest BCUT2D eigenvalue weighted by atomic mass is 10.2. The molecule has 0 aliphatic carbocycles. The van der Waals surface area contributed by atoms with Gasteiger partial charge in [0, 0.05) is 5.56 Å². The number of ether oxygens (including phenoxy) is 2. The van der Waals surface area contributed by atoms with Crippen LogP contribution in [0.15, 0.2) is 42.5 Å². The van der Waals surface area contributed by atoms with Crippen molar-refractivity contribution in [3.8, 4) is 17.2 Å². The number of hydrogen-bond donors (Lipinski definition) is 0. The van der Waals surface area contributed by atoms with E-state index in [-0.39, 0.29) is 0 Å². The van der Waals surface area contributed by atoms with Gasteiger partial charge in [-0.15, -0.1) is 0 Å². The van der Waals surface area contributed by atoms with Crippen LogP contribution in [0.1, 0.15) is 15.9 Å². The minimum absolute atomic E-state index is 0.544. The smallest absolute Gasteiger partial charge is 0.169 e. The predicted molar refractivity (Wildman–Crippen MR) is 69.6 cm³/mol. The molecule has 0 unspecified atom stereocenters. The molecule has 0 bridgehead atoms. The topological polar surface area (TPSA) is 35.5 Å². The largest absolute Gasteiger partial charge is 0.493 e. The van der Waals surface area contributed by atoms with E-state index in [1.165, 1.54) is 0 Å². The first-order valence-corrected chi connectivity index (χ1v) is 5.61. The first kappa shape index (κ1) is 12.2. The van der Waals surface area contributed by atoms with E-state index in [0.717, 1.165) is 17.6 Å². The number of benzene rings is 2. The molecular weight excluding hydrogens is 228 g/mol. The van der Waals surface area contributed by atoms with Gasteiger partial charge in [-0.2, -0.15) is 0 Å². The van der Waals surface area contributed by atoms with Crippen LogP contribution in [0, 0.1) is 6.92 Å². The summed E-state index contributed by atoms with van der Waals surface area (Å²) in [6.45, 7) is 1.97. The zero-order chi connectivity index (χ0) is 13.0. The normalized spacial score (nSPS) is 9.89. The average Bonchev–Trinajstić information content (AvgIpc) is 2.41. The van der Waals surface area contributed by atoms with Crippen LogP contribution in [0.2, 0.25) is 0 Å². The predicted octanol–water partition coefficient (Wildman–Crippen LogP) is 3.61. The molecule has 3 heteroatoms. The second-order valence-electron chi connectivity index (χ2n) is 3.90. The molecule has 0 saturated carbocycles. The van der Waals surface area contributed by atoms with E-state index in [2.05, 4.69) is 0 Å². The maximum atomic E-state index is 10.7. The van der Waals surface area contributed by atoms with Crippen LogP contribution < -0.4 is 9.47 Å². The Bertz CT molecular complexity index is 561. The summed E-state index contributed by atoms with van der Waals surface area (Å²) < 4.78 is 11.0. The Morgan fingerprint density at radius 3 is 2.44 bits per heavy atom. The van der Waals surface area contributed by atoms with Crippen molar-refractivity contribution in [2.45, 2.75) is 6.92 Å². The van der Waals surface area contributed by atoms with E-state index < -0.39 is 0 Å². The standard InChI is InChI=1S/C15H14O3/c1-11-5-3-4-6-13(11)18-14-8-7-12(10-16)9-15(14)17-2/h3-10H,1-2H3. The van der Waals surface area contributed by atoms with Gasteiger partial charge < -0.3 is 9.47 Å². The second-order valence-corrected chi connectivity index (χ2v) is 3.90. The maximum absolute atomic E-state index is 10.7. The first-order valence-electron chi connectivity index (χ1n) is 5.61. The molecule has 0 aromatic heterocycles.